The number of likely N-dealkylation sites (N-methyl/N-ethyl adjacent to an activating group) is 2. The Morgan fingerprint density at radius 1 is 1.26 bits per heavy atom. The maximum absolute atomic E-state index is 13.0. The lowest BCUT2D eigenvalue weighted by molar-refractivity contribution is -0.139. The Hall–Kier alpha value is -1.40. The minimum atomic E-state index is -0.316. The fraction of sp³-hybridized carbons (Fsp3) is 0.619. The van der Waals surface area contributed by atoms with Crippen LogP contribution < -0.4 is 5.32 Å². The molecule has 0 radical (unpaired) electrons. The van der Waals surface area contributed by atoms with Crippen molar-refractivity contribution in [1.82, 2.24) is 9.80 Å². The van der Waals surface area contributed by atoms with Crippen LogP contribution in [0.2, 0.25) is 0 Å². The lowest BCUT2D eigenvalue weighted by Gasteiger charge is -2.37. The average Bonchev–Trinajstić information content (AvgIpc) is 2.64. The van der Waals surface area contributed by atoms with E-state index in [0.717, 1.165) is 35.1 Å². The average molecular weight is 438 g/mol. The minimum absolute atomic E-state index is 0.108. The summed E-state index contributed by atoms with van der Waals surface area (Å²) in [7, 11) is 1.84. The van der Waals surface area contributed by atoms with Crippen LogP contribution in [0.25, 0.3) is 0 Å². The maximum atomic E-state index is 13.0. The van der Waals surface area contributed by atoms with Crippen molar-refractivity contribution in [2.75, 3.05) is 25.5 Å². The third-order valence-corrected chi connectivity index (χ3v) is 6.01. The highest BCUT2D eigenvalue weighted by atomic mass is 79.9. The van der Waals surface area contributed by atoms with Crippen molar-refractivity contribution in [3.8, 4) is 0 Å². The summed E-state index contributed by atoms with van der Waals surface area (Å²) in [5, 5.41) is 2.94. The second kappa shape index (κ2) is 10.2. The molecule has 0 bridgehead atoms. The first-order valence-electron chi connectivity index (χ1n) is 9.90. The number of hydrogen-bond donors (Lipinski definition) is 1. The summed E-state index contributed by atoms with van der Waals surface area (Å²) in [6.07, 6.45) is 5.87. The molecule has 0 unspecified atom stereocenters. The summed E-state index contributed by atoms with van der Waals surface area (Å²) in [5.74, 6) is 0.0165. The van der Waals surface area contributed by atoms with E-state index < -0.39 is 0 Å². The molecule has 27 heavy (non-hydrogen) atoms. The second-order valence-electron chi connectivity index (χ2n) is 7.51. The molecule has 0 aromatic heterocycles. The standard InChI is InChI=1S/C21H32BrN3O2/c1-5-25(18-9-7-6-8-10-18)21(27)16(3)24(4)14-20(26)23-19-12-11-17(22)13-15(19)2/h11-13,16,18H,5-10,14H2,1-4H3,(H,23,26)/t16-/m0/s1. The monoisotopic (exact) mass is 437 g/mol. The van der Waals surface area contributed by atoms with E-state index in [0.29, 0.717) is 6.04 Å². The molecule has 2 amide bonds. The molecular weight excluding hydrogens is 406 g/mol. The molecule has 1 saturated carbocycles. The van der Waals surface area contributed by atoms with Crippen LogP contribution in [0, 0.1) is 6.92 Å². The lowest BCUT2D eigenvalue weighted by atomic mass is 9.93. The van der Waals surface area contributed by atoms with Gasteiger partial charge in [-0.05, 0) is 64.4 Å². The van der Waals surface area contributed by atoms with Crippen LogP contribution >= 0.6 is 15.9 Å². The quantitative estimate of drug-likeness (QED) is 0.695. The zero-order valence-electron chi connectivity index (χ0n) is 16.9. The molecule has 5 nitrogen and oxygen atoms in total. The fourth-order valence-electron chi connectivity index (χ4n) is 3.74. The van der Waals surface area contributed by atoms with Crippen molar-refractivity contribution in [3.63, 3.8) is 0 Å². The predicted molar refractivity (Wildman–Crippen MR) is 114 cm³/mol. The van der Waals surface area contributed by atoms with Crippen molar-refractivity contribution in [1.29, 1.82) is 0 Å². The van der Waals surface area contributed by atoms with Crippen molar-refractivity contribution >= 4 is 33.4 Å². The maximum Gasteiger partial charge on any atom is 0.239 e. The summed E-state index contributed by atoms with van der Waals surface area (Å²) in [6, 6.07) is 5.79. The van der Waals surface area contributed by atoms with E-state index in [2.05, 4.69) is 21.2 Å². The summed E-state index contributed by atoms with van der Waals surface area (Å²) >= 11 is 3.43. The number of carbonyl (C=O) groups excluding carboxylic acids is 2. The van der Waals surface area contributed by atoms with E-state index >= 15 is 0 Å². The molecule has 1 aromatic rings. The van der Waals surface area contributed by atoms with Gasteiger partial charge in [-0.3, -0.25) is 14.5 Å². The van der Waals surface area contributed by atoms with Crippen molar-refractivity contribution in [3.05, 3.63) is 28.2 Å². The number of nitrogens with zero attached hydrogens (tertiary/aromatic N) is 2. The van der Waals surface area contributed by atoms with Crippen LogP contribution in [0.3, 0.4) is 0 Å². The Bertz CT molecular complexity index is 659. The number of benzene rings is 1. The van der Waals surface area contributed by atoms with Crippen LogP contribution in [0.1, 0.15) is 51.5 Å². The normalized spacial score (nSPS) is 16.2. The van der Waals surface area contributed by atoms with E-state index in [4.69, 9.17) is 0 Å². The van der Waals surface area contributed by atoms with Gasteiger partial charge in [0.2, 0.25) is 11.8 Å². The smallest absolute Gasteiger partial charge is 0.239 e. The number of amides is 2. The van der Waals surface area contributed by atoms with Gasteiger partial charge in [0.15, 0.2) is 0 Å². The highest BCUT2D eigenvalue weighted by Gasteiger charge is 2.29. The van der Waals surface area contributed by atoms with Gasteiger partial charge in [-0.2, -0.15) is 0 Å². The molecule has 2 rings (SSSR count). The van der Waals surface area contributed by atoms with E-state index in [1.54, 1.807) is 0 Å². The Labute approximate surface area is 171 Å². The predicted octanol–water partition coefficient (Wildman–Crippen LogP) is 4.20. The van der Waals surface area contributed by atoms with E-state index in [1.165, 1.54) is 19.3 Å². The Morgan fingerprint density at radius 3 is 2.52 bits per heavy atom. The largest absolute Gasteiger partial charge is 0.339 e. The van der Waals surface area contributed by atoms with Crippen LogP contribution in [-0.2, 0) is 9.59 Å². The molecule has 0 saturated heterocycles. The van der Waals surface area contributed by atoms with Gasteiger partial charge in [0, 0.05) is 22.7 Å². The Kier molecular flexibility index (Phi) is 8.29. The molecule has 1 fully saturated rings. The number of rotatable bonds is 7. The highest BCUT2D eigenvalue weighted by Crippen LogP contribution is 2.24. The molecule has 6 heteroatoms. The van der Waals surface area contributed by atoms with Crippen LogP contribution in [0.5, 0.6) is 0 Å². The van der Waals surface area contributed by atoms with Crippen molar-refractivity contribution in [2.45, 2.75) is 65.0 Å². The zero-order valence-corrected chi connectivity index (χ0v) is 18.5. The fourth-order valence-corrected chi connectivity index (χ4v) is 4.21. The number of anilines is 1. The number of carbonyl (C=O) groups is 2. The first kappa shape index (κ1) is 21.9. The Morgan fingerprint density at radius 2 is 1.93 bits per heavy atom. The number of nitrogens with one attached hydrogen (secondary N) is 1. The summed E-state index contributed by atoms with van der Waals surface area (Å²) < 4.78 is 0.983. The van der Waals surface area contributed by atoms with Crippen LogP contribution in [0.4, 0.5) is 5.69 Å². The topological polar surface area (TPSA) is 52.7 Å². The van der Waals surface area contributed by atoms with Gasteiger partial charge in [0.05, 0.1) is 12.6 Å². The second-order valence-corrected chi connectivity index (χ2v) is 8.43. The summed E-state index contributed by atoms with van der Waals surface area (Å²) in [5.41, 5.74) is 1.80. The zero-order chi connectivity index (χ0) is 20.0. The number of hydrogen-bond acceptors (Lipinski definition) is 3. The molecule has 0 spiro atoms. The molecule has 0 heterocycles. The number of halogens is 1. The van der Waals surface area contributed by atoms with Gasteiger partial charge < -0.3 is 10.2 Å². The Balaban J connectivity index is 1.93. The molecule has 1 aliphatic rings. The van der Waals surface area contributed by atoms with Gasteiger partial charge in [0.1, 0.15) is 0 Å². The molecule has 0 aliphatic heterocycles. The third-order valence-electron chi connectivity index (χ3n) is 5.51. The molecule has 1 atom stereocenters. The van der Waals surface area contributed by atoms with E-state index in [9.17, 15) is 9.59 Å². The minimum Gasteiger partial charge on any atom is -0.339 e. The third kappa shape index (κ3) is 6.04. The van der Waals surface area contributed by atoms with Gasteiger partial charge in [0.25, 0.3) is 0 Å². The number of aryl methyl sites for hydroxylation is 1. The summed E-state index contributed by atoms with van der Waals surface area (Å²) in [6.45, 7) is 6.81. The van der Waals surface area contributed by atoms with Crippen LogP contribution in [-0.4, -0.2) is 53.8 Å². The van der Waals surface area contributed by atoms with Gasteiger partial charge in [-0.1, -0.05) is 35.2 Å². The first-order valence-corrected chi connectivity index (χ1v) is 10.7. The molecule has 1 N–H and O–H groups in total. The van der Waals surface area contributed by atoms with Crippen LogP contribution in [0.15, 0.2) is 22.7 Å². The molecule has 1 aromatic carbocycles. The SMILES string of the molecule is CCN(C(=O)[C@H](C)N(C)CC(=O)Nc1ccc(Br)cc1C)C1CCCCC1. The van der Waals surface area contributed by atoms with E-state index in [-0.39, 0.29) is 24.4 Å². The summed E-state index contributed by atoms with van der Waals surface area (Å²) in [4.78, 5) is 29.3. The van der Waals surface area contributed by atoms with Gasteiger partial charge in [-0.15, -0.1) is 0 Å². The van der Waals surface area contributed by atoms with Crippen molar-refractivity contribution in [2.24, 2.45) is 0 Å². The van der Waals surface area contributed by atoms with E-state index in [1.807, 2.05) is 55.8 Å². The van der Waals surface area contributed by atoms with Gasteiger partial charge in [-0.25, -0.2) is 0 Å². The highest BCUT2D eigenvalue weighted by molar-refractivity contribution is 9.10. The lowest BCUT2D eigenvalue weighted by Crippen LogP contribution is -2.51. The molecule has 150 valence electrons. The molecule has 1 aliphatic carbocycles. The van der Waals surface area contributed by atoms with Gasteiger partial charge >= 0.3 is 0 Å². The molecular formula is C21H32BrN3O2. The van der Waals surface area contributed by atoms with Crippen molar-refractivity contribution < 1.29 is 9.59 Å². The first-order chi connectivity index (χ1) is 12.8.